The molecule has 8 nitrogen and oxygen atoms in total. The predicted octanol–water partition coefficient (Wildman–Crippen LogP) is 2.14. The smallest absolute Gasteiger partial charge is 0.321 e. The number of methoxy groups -OCH3 is 1. The largest absolute Gasteiger partial charge is 0.497 e. The Morgan fingerprint density at radius 2 is 2.17 bits per heavy atom. The van der Waals surface area contributed by atoms with Crippen molar-refractivity contribution in [3.63, 3.8) is 0 Å². The van der Waals surface area contributed by atoms with Gasteiger partial charge in [0.15, 0.2) is 11.9 Å². The molecule has 0 bridgehead atoms. The second-order valence-electron chi connectivity index (χ2n) is 4.66. The normalized spacial score (nSPS) is 10.8. The highest BCUT2D eigenvalue weighted by Crippen LogP contribution is 2.23. The number of ether oxygens (including phenoxy) is 1. The molecular weight excluding hydrogens is 296 g/mol. The summed E-state index contributed by atoms with van der Waals surface area (Å²) in [6.45, 7) is 1.98. The van der Waals surface area contributed by atoms with Crippen molar-refractivity contribution >= 4 is 12.3 Å². The fourth-order valence-electron chi connectivity index (χ4n) is 1.96. The minimum Gasteiger partial charge on any atom is -0.497 e. The van der Waals surface area contributed by atoms with Gasteiger partial charge >= 0.3 is 5.89 Å². The van der Waals surface area contributed by atoms with Gasteiger partial charge in [0.1, 0.15) is 12.1 Å². The van der Waals surface area contributed by atoms with E-state index in [1.54, 1.807) is 31.8 Å². The van der Waals surface area contributed by atoms with Gasteiger partial charge in [-0.3, -0.25) is 0 Å². The highest BCUT2D eigenvalue weighted by Gasteiger charge is 2.06. The molecule has 114 valence electrons. The van der Waals surface area contributed by atoms with Crippen LogP contribution in [0.25, 0.3) is 23.7 Å². The van der Waals surface area contributed by atoms with Crippen LogP contribution in [0, 0.1) is 18.3 Å². The van der Waals surface area contributed by atoms with E-state index in [2.05, 4.69) is 20.3 Å². The van der Waals surface area contributed by atoms with E-state index in [9.17, 15) is 0 Å². The maximum atomic E-state index is 8.62. The summed E-state index contributed by atoms with van der Waals surface area (Å²) in [6, 6.07) is 7.54. The number of benzene rings is 1. The Balaban J connectivity index is 1.83. The van der Waals surface area contributed by atoms with Gasteiger partial charge in [-0.1, -0.05) is 5.10 Å². The van der Waals surface area contributed by atoms with Crippen LogP contribution in [0.3, 0.4) is 0 Å². The molecular formula is C15H12N6O2. The summed E-state index contributed by atoms with van der Waals surface area (Å²) in [5, 5.41) is 20.2. The molecule has 0 saturated carbocycles. The highest BCUT2D eigenvalue weighted by molar-refractivity contribution is 5.60. The Bertz CT molecular complexity index is 903. The molecule has 0 fully saturated rings. The van der Waals surface area contributed by atoms with Gasteiger partial charge < -0.3 is 9.15 Å². The van der Waals surface area contributed by atoms with E-state index >= 15 is 0 Å². The zero-order valence-corrected chi connectivity index (χ0v) is 12.5. The Labute approximate surface area is 131 Å². The van der Waals surface area contributed by atoms with Gasteiger partial charge in [0, 0.05) is 17.8 Å². The van der Waals surface area contributed by atoms with Gasteiger partial charge in [-0.25, -0.2) is 9.67 Å². The van der Waals surface area contributed by atoms with Crippen molar-refractivity contribution < 1.29 is 9.15 Å². The number of hydrogen-bond acceptors (Lipinski definition) is 7. The lowest BCUT2D eigenvalue weighted by molar-refractivity contribution is 0.414. The first-order valence-corrected chi connectivity index (χ1v) is 6.67. The van der Waals surface area contributed by atoms with Crippen molar-refractivity contribution in [1.82, 2.24) is 25.0 Å². The fraction of sp³-hybridized carbons (Fsp3) is 0.133. The van der Waals surface area contributed by atoms with Gasteiger partial charge in [0.25, 0.3) is 0 Å². The van der Waals surface area contributed by atoms with Crippen LogP contribution in [-0.4, -0.2) is 32.1 Å². The molecule has 2 heterocycles. The van der Waals surface area contributed by atoms with Crippen LogP contribution in [0.5, 0.6) is 5.75 Å². The van der Waals surface area contributed by atoms with Crippen molar-refractivity contribution in [3.8, 4) is 23.2 Å². The fourth-order valence-corrected chi connectivity index (χ4v) is 1.96. The van der Waals surface area contributed by atoms with Crippen LogP contribution in [-0.2, 0) is 0 Å². The highest BCUT2D eigenvalue weighted by atomic mass is 16.5. The molecule has 0 radical (unpaired) electrons. The summed E-state index contributed by atoms with van der Waals surface area (Å²) in [5.74, 6) is 1.45. The molecule has 0 aliphatic heterocycles. The second-order valence-corrected chi connectivity index (χ2v) is 4.66. The Kier molecular flexibility index (Phi) is 3.84. The summed E-state index contributed by atoms with van der Waals surface area (Å²) >= 11 is 0. The monoisotopic (exact) mass is 308 g/mol. The predicted molar refractivity (Wildman–Crippen MR) is 81.0 cm³/mol. The van der Waals surface area contributed by atoms with Crippen molar-refractivity contribution in [3.05, 3.63) is 41.9 Å². The molecule has 0 N–H and O–H groups in total. The van der Waals surface area contributed by atoms with Crippen molar-refractivity contribution in [2.45, 2.75) is 6.92 Å². The van der Waals surface area contributed by atoms with Crippen LogP contribution in [0.1, 0.15) is 17.3 Å². The Morgan fingerprint density at radius 3 is 2.91 bits per heavy atom. The third-order valence-corrected chi connectivity index (χ3v) is 2.96. The number of nitriles is 1. The maximum Gasteiger partial charge on any atom is 0.321 e. The standard InChI is InChI=1S/C15H12N6O2/c1-10-5-11(7-12(6-10)22-2)15-17-9-21(20-15)4-3-13-18-19-14(8-16)23-13/h3-7,9H,1-2H3/b4-3-. The SMILES string of the molecule is COc1cc(C)cc(-c2ncn(/C=C\c3nnc(C#N)o3)n2)c1. The number of aryl methyl sites for hydroxylation is 1. The summed E-state index contributed by atoms with van der Waals surface area (Å²) in [4.78, 5) is 4.26. The van der Waals surface area contributed by atoms with E-state index in [0.717, 1.165) is 16.9 Å². The van der Waals surface area contributed by atoms with E-state index in [-0.39, 0.29) is 11.8 Å². The molecule has 0 amide bonds. The summed E-state index contributed by atoms with van der Waals surface area (Å²) in [5.41, 5.74) is 1.92. The van der Waals surface area contributed by atoms with Crippen LogP contribution >= 0.6 is 0 Å². The zero-order chi connectivity index (χ0) is 16.2. The molecule has 23 heavy (non-hydrogen) atoms. The van der Waals surface area contributed by atoms with Gasteiger partial charge in [0.05, 0.1) is 7.11 Å². The Hall–Kier alpha value is -3.47. The van der Waals surface area contributed by atoms with Crippen molar-refractivity contribution in [2.75, 3.05) is 7.11 Å². The first kappa shape index (κ1) is 14.5. The van der Waals surface area contributed by atoms with Crippen LogP contribution in [0.15, 0.2) is 28.9 Å². The molecule has 3 rings (SSSR count). The van der Waals surface area contributed by atoms with Crippen LogP contribution < -0.4 is 4.74 Å². The minimum absolute atomic E-state index is 0.0872. The number of nitrogens with zero attached hydrogens (tertiary/aromatic N) is 6. The first-order valence-electron chi connectivity index (χ1n) is 6.67. The summed E-state index contributed by atoms with van der Waals surface area (Å²) < 4.78 is 11.8. The van der Waals surface area contributed by atoms with Gasteiger partial charge in [-0.15, -0.1) is 10.2 Å². The topological polar surface area (TPSA) is 103 Å². The molecule has 0 unspecified atom stereocenters. The van der Waals surface area contributed by atoms with Gasteiger partial charge in [0.2, 0.25) is 5.89 Å². The molecule has 0 aliphatic carbocycles. The van der Waals surface area contributed by atoms with E-state index in [0.29, 0.717) is 5.82 Å². The second kappa shape index (κ2) is 6.11. The van der Waals surface area contributed by atoms with Crippen LogP contribution in [0.4, 0.5) is 0 Å². The molecule has 3 aromatic rings. The third-order valence-electron chi connectivity index (χ3n) is 2.96. The average molecular weight is 308 g/mol. The molecule has 0 aliphatic rings. The Morgan fingerprint density at radius 1 is 1.30 bits per heavy atom. The van der Waals surface area contributed by atoms with E-state index in [4.69, 9.17) is 14.4 Å². The van der Waals surface area contributed by atoms with Crippen molar-refractivity contribution in [2.24, 2.45) is 0 Å². The molecule has 0 spiro atoms. The molecule has 1 aromatic carbocycles. The summed E-state index contributed by atoms with van der Waals surface area (Å²) in [6.07, 6.45) is 4.71. The lowest BCUT2D eigenvalue weighted by Crippen LogP contribution is -1.90. The zero-order valence-electron chi connectivity index (χ0n) is 12.5. The average Bonchev–Trinajstić information content (AvgIpc) is 3.21. The van der Waals surface area contributed by atoms with Gasteiger partial charge in [-0.05, 0) is 30.7 Å². The number of rotatable bonds is 4. The lowest BCUT2D eigenvalue weighted by Gasteiger charge is -2.03. The van der Waals surface area contributed by atoms with E-state index in [1.165, 1.54) is 4.68 Å². The molecule has 0 saturated heterocycles. The molecule has 2 aromatic heterocycles. The number of hydrogen-bond donors (Lipinski definition) is 0. The van der Waals surface area contributed by atoms with Crippen LogP contribution in [0.2, 0.25) is 0 Å². The van der Waals surface area contributed by atoms with Gasteiger partial charge in [-0.2, -0.15) is 5.26 Å². The summed E-state index contributed by atoms with van der Waals surface area (Å²) in [7, 11) is 1.62. The lowest BCUT2D eigenvalue weighted by atomic mass is 10.1. The van der Waals surface area contributed by atoms with Crippen molar-refractivity contribution in [1.29, 1.82) is 5.26 Å². The van der Waals surface area contributed by atoms with E-state index < -0.39 is 0 Å². The van der Waals surface area contributed by atoms with E-state index in [1.807, 2.05) is 25.1 Å². The quantitative estimate of drug-likeness (QED) is 0.727. The maximum absolute atomic E-state index is 8.62. The minimum atomic E-state index is -0.0872. The first-order chi connectivity index (χ1) is 11.2. The molecule has 8 heteroatoms. The molecule has 0 atom stereocenters. The third kappa shape index (κ3) is 3.24. The number of aromatic nitrogens is 5.